The Kier molecular flexibility index (Phi) is 4.67. The van der Waals surface area contributed by atoms with Crippen LogP contribution < -0.4 is 16.1 Å². The number of benzene rings is 1. The van der Waals surface area contributed by atoms with Gasteiger partial charge in [0, 0.05) is 19.3 Å². The average molecular weight is 302 g/mol. The molecule has 116 valence electrons. The molecule has 3 N–H and O–H groups in total. The van der Waals surface area contributed by atoms with Crippen LogP contribution in [0, 0.1) is 5.92 Å². The SMILES string of the molecule is CC(=O)N(C(=O)CN)c1ccc(C2=NNC(=O)CC2C)cc1. The first-order valence-corrected chi connectivity index (χ1v) is 6.94. The Morgan fingerprint density at radius 3 is 2.50 bits per heavy atom. The minimum atomic E-state index is -0.462. The molecule has 1 aliphatic heterocycles. The number of hydrogen-bond donors (Lipinski definition) is 2. The Hall–Kier alpha value is -2.54. The molecule has 0 fully saturated rings. The molecule has 1 aromatic rings. The van der Waals surface area contributed by atoms with Crippen molar-refractivity contribution in [3.8, 4) is 0 Å². The Labute approximate surface area is 128 Å². The van der Waals surface area contributed by atoms with Gasteiger partial charge in [-0.3, -0.25) is 14.4 Å². The maximum Gasteiger partial charge on any atom is 0.247 e. The largest absolute Gasteiger partial charge is 0.322 e. The normalized spacial score (nSPS) is 17.5. The van der Waals surface area contributed by atoms with E-state index in [1.54, 1.807) is 24.3 Å². The molecule has 1 unspecified atom stereocenters. The van der Waals surface area contributed by atoms with Gasteiger partial charge in [0.25, 0.3) is 0 Å². The molecule has 0 bridgehead atoms. The molecule has 0 saturated carbocycles. The number of nitrogens with one attached hydrogen (secondary N) is 1. The standard InChI is InChI=1S/C15H18N4O3/c1-9-7-13(21)17-18-15(9)11-3-5-12(6-4-11)19(10(2)20)14(22)8-16/h3-6,9H,7-8,16H2,1-2H3,(H,17,21). The first kappa shape index (κ1) is 15.8. The van der Waals surface area contributed by atoms with Gasteiger partial charge in [-0.15, -0.1) is 0 Å². The summed E-state index contributed by atoms with van der Waals surface area (Å²) in [6.07, 6.45) is 0.381. The van der Waals surface area contributed by atoms with E-state index in [0.29, 0.717) is 12.1 Å². The monoisotopic (exact) mass is 302 g/mol. The molecule has 3 amide bonds. The number of carbonyl (C=O) groups excluding carboxylic acids is 3. The summed E-state index contributed by atoms with van der Waals surface area (Å²) in [5, 5.41) is 4.07. The van der Waals surface area contributed by atoms with Crippen LogP contribution in [0.5, 0.6) is 0 Å². The predicted molar refractivity (Wildman–Crippen MR) is 82.1 cm³/mol. The topological polar surface area (TPSA) is 105 Å². The Morgan fingerprint density at radius 1 is 1.36 bits per heavy atom. The van der Waals surface area contributed by atoms with Gasteiger partial charge in [-0.1, -0.05) is 19.1 Å². The third-order valence-electron chi connectivity index (χ3n) is 3.42. The fourth-order valence-corrected chi connectivity index (χ4v) is 2.38. The van der Waals surface area contributed by atoms with Gasteiger partial charge in [0.1, 0.15) is 0 Å². The van der Waals surface area contributed by atoms with Gasteiger partial charge in [0.2, 0.25) is 17.7 Å². The second-order valence-corrected chi connectivity index (χ2v) is 5.14. The smallest absolute Gasteiger partial charge is 0.247 e. The number of nitrogens with two attached hydrogens (primary N) is 1. The molecule has 1 heterocycles. The third kappa shape index (κ3) is 3.20. The van der Waals surface area contributed by atoms with E-state index >= 15 is 0 Å². The van der Waals surface area contributed by atoms with E-state index in [1.807, 2.05) is 6.92 Å². The van der Waals surface area contributed by atoms with Crippen LogP contribution in [-0.4, -0.2) is 30.0 Å². The molecule has 1 aromatic carbocycles. The van der Waals surface area contributed by atoms with Gasteiger partial charge in [-0.2, -0.15) is 5.10 Å². The lowest BCUT2D eigenvalue weighted by Gasteiger charge is -2.21. The first-order chi connectivity index (χ1) is 10.4. The fraction of sp³-hybridized carbons (Fsp3) is 0.333. The predicted octanol–water partition coefficient (Wildman–Crippen LogP) is 0.385. The number of hydrazone groups is 1. The van der Waals surface area contributed by atoms with E-state index in [9.17, 15) is 14.4 Å². The quantitative estimate of drug-likeness (QED) is 0.842. The van der Waals surface area contributed by atoms with Crippen molar-refractivity contribution >= 4 is 29.1 Å². The summed E-state index contributed by atoms with van der Waals surface area (Å²) in [5.41, 5.74) is 9.84. The Balaban J connectivity index is 2.28. The fourth-order valence-electron chi connectivity index (χ4n) is 2.38. The molecule has 0 aliphatic carbocycles. The van der Waals surface area contributed by atoms with Crippen LogP contribution >= 0.6 is 0 Å². The molecule has 7 nitrogen and oxygen atoms in total. The summed E-state index contributed by atoms with van der Waals surface area (Å²) in [7, 11) is 0. The van der Waals surface area contributed by atoms with Gasteiger partial charge in [0.15, 0.2) is 0 Å². The highest BCUT2D eigenvalue weighted by atomic mass is 16.2. The van der Waals surface area contributed by atoms with Gasteiger partial charge in [0.05, 0.1) is 17.9 Å². The Bertz CT molecular complexity index is 637. The lowest BCUT2D eigenvalue weighted by molar-refractivity contribution is -0.125. The maximum atomic E-state index is 11.7. The highest BCUT2D eigenvalue weighted by molar-refractivity contribution is 6.15. The second kappa shape index (κ2) is 6.48. The van der Waals surface area contributed by atoms with Crippen molar-refractivity contribution in [3.63, 3.8) is 0 Å². The van der Waals surface area contributed by atoms with Gasteiger partial charge < -0.3 is 5.73 Å². The molecule has 0 spiro atoms. The van der Waals surface area contributed by atoms with Gasteiger partial charge >= 0.3 is 0 Å². The second-order valence-electron chi connectivity index (χ2n) is 5.14. The lowest BCUT2D eigenvalue weighted by atomic mass is 9.94. The summed E-state index contributed by atoms with van der Waals surface area (Å²) in [4.78, 5) is 35.6. The van der Waals surface area contributed by atoms with E-state index in [1.165, 1.54) is 6.92 Å². The summed E-state index contributed by atoms with van der Waals surface area (Å²) in [5.74, 6) is -0.951. The number of anilines is 1. The van der Waals surface area contributed by atoms with Gasteiger partial charge in [-0.05, 0) is 17.7 Å². The van der Waals surface area contributed by atoms with Gasteiger partial charge in [-0.25, -0.2) is 10.3 Å². The van der Waals surface area contributed by atoms with Crippen molar-refractivity contribution in [1.29, 1.82) is 0 Å². The molecule has 1 atom stereocenters. The zero-order chi connectivity index (χ0) is 16.3. The van der Waals surface area contributed by atoms with Crippen molar-refractivity contribution in [2.75, 3.05) is 11.4 Å². The zero-order valence-electron chi connectivity index (χ0n) is 12.5. The summed E-state index contributed by atoms with van der Waals surface area (Å²) in [6.45, 7) is 2.99. The van der Waals surface area contributed by atoms with Crippen LogP contribution in [-0.2, 0) is 14.4 Å². The zero-order valence-corrected chi connectivity index (χ0v) is 12.5. The van der Waals surface area contributed by atoms with E-state index in [4.69, 9.17) is 5.73 Å². The lowest BCUT2D eigenvalue weighted by Crippen LogP contribution is -2.39. The van der Waals surface area contributed by atoms with Crippen molar-refractivity contribution in [2.24, 2.45) is 16.8 Å². The van der Waals surface area contributed by atoms with Crippen molar-refractivity contribution < 1.29 is 14.4 Å². The number of imide groups is 1. The van der Waals surface area contributed by atoms with E-state index < -0.39 is 5.91 Å². The highest BCUT2D eigenvalue weighted by Gasteiger charge is 2.23. The van der Waals surface area contributed by atoms with Crippen LogP contribution in [0.3, 0.4) is 0 Å². The minimum absolute atomic E-state index is 0.00850. The molecular weight excluding hydrogens is 284 g/mol. The summed E-state index contributed by atoms with van der Waals surface area (Å²) >= 11 is 0. The molecule has 0 radical (unpaired) electrons. The molecule has 1 aliphatic rings. The summed E-state index contributed by atoms with van der Waals surface area (Å²) < 4.78 is 0. The van der Waals surface area contributed by atoms with Crippen molar-refractivity contribution in [2.45, 2.75) is 20.3 Å². The third-order valence-corrected chi connectivity index (χ3v) is 3.42. The molecule has 2 rings (SSSR count). The van der Waals surface area contributed by atoms with Crippen LogP contribution in [0.25, 0.3) is 0 Å². The average Bonchev–Trinajstić information content (AvgIpc) is 2.48. The van der Waals surface area contributed by atoms with E-state index in [2.05, 4.69) is 10.5 Å². The van der Waals surface area contributed by atoms with Crippen LogP contribution in [0.4, 0.5) is 5.69 Å². The Morgan fingerprint density at radius 2 is 2.00 bits per heavy atom. The van der Waals surface area contributed by atoms with E-state index in [-0.39, 0.29) is 24.3 Å². The van der Waals surface area contributed by atoms with Crippen LogP contribution in [0.1, 0.15) is 25.8 Å². The molecule has 7 heteroatoms. The number of rotatable bonds is 3. The summed E-state index contributed by atoms with van der Waals surface area (Å²) in [6, 6.07) is 6.86. The number of hydrogen-bond acceptors (Lipinski definition) is 5. The molecule has 22 heavy (non-hydrogen) atoms. The number of nitrogens with zero attached hydrogens (tertiary/aromatic N) is 2. The van der Waals surface area contributed by atoms with Crippen LogP contribution in [0.15, 0.2) is 29.4 Å². The molecule has 0 aromatic heterocycles. The van der Waals surface area contributed by atoms with E-state index in [0.717, 1.165) is 16.2 Å². The number of amides is 3. The van der Waals surface area contributed by atoms with Crippen molar-refractivity contribution in [1.82, 2.24) is 5.43 Å². The molecule has 0 saturated heterocycles. The minimum Gasteiger partial charge on any atom is -0.322 e. The van der Waals surface area contributed by atoms with Crippen LogP contribution in [0.2, 0.25) is 0 Å². The first-order valence-electron chi connectivity index (χ1n) is 6.94. The highest BCUT2D eigenvalue weighted by Crippen LogP contribution is 2.20. The number of carbonyl (C=O) groups is 3. The molecular formula is C15H18N4O3. The van der Waals surface area contributed by atoms with Crippen molar-refractivity contribution in [3.05, 3.63) is 29.8 Å². The maximum absolute atomic E-state index is 11.7.